The van der Waals surface area contributed by atoms with Gasteiger partial charge in [0, 0.05) is 21.4 Å². The van der Waals surface area contributed by atoms with Crippen molar-refractivity contribution >= 4 is 39.5 Å². The lowest BCUT2D eigenvalue weighted by molar-refractivity contribution is 0.605. The average molecular weight is 289 g/mol. The highest BCUT2D eigenvalue weighted by Gasteiger charge is 2.17. The standard InChI is InChI=1S/C7H6Cl2O4S2/c1-5-4-6(14(8,10)11)2-3-7(5)15(9,12)13/h2-4H,1H3. The van der Waals surface area contributed by atoms with Crippen LogP contribution in [0, 0.1) is 6.92 Å². The summed E-state index contributed by atoms with van der Waals surface area (Å²) in [6.07, 6.45) is 0. The summed E-state index contributed by atoms with van der Waals surface area (Å²) in [5.74, 6) is 0. The molecule has 0 heterocycles. The summed E-state index contributed by atoms with van der Waals surface area (Å²) in [5, 5.41) is 0. The van der Waals surface area contributed by atoms with Crippen LogP contribution in [-0.2, 0) is 18.1 Å². The number of rotatable bonds is 2. The van der Waals surface area contributed by atoms with Gasteiger partial charge in [-0.1, -0.05) is 0 Å². The smallest absolute Gasteiger partial charge is 0.207 e. The fourth-order valence-corrected chi connectivity index (χ4v) is 3.08. The number of benzene rings is 1. The minimum atomic E-state index is -3.86. The maximum atomic E-state index is 11.0. The van der Waals surface area contributed by atoms with E-state index in [0.29, 0.717) is 0 Å². The Labute approximate surface area is 96.7 Å². The molecular formula is C7H6Cl2O4S2. The summed E-state index contributed by atoms with van der Waals surface area (Å²) in [6.45, 7) is 1.43. The van der Waals surface area contributed by atoms with Gasteiger partial charge < -0.3 is 0 Å². The molecular weight excluding hydrogens is 283 g/mol. The number of hydrogen-bond acceptors (Lipinski definition) is 4. The van der Waals surface area contributed by atoms with E-state index < -0.39 is 18.1 Å². The summed E-state index contributed by atoms with van der Waals surface area (Å²) in [4.78, 5) is -0.293. The van der Waals surface area contributed by atoms with E-state index in [0.717, 1.165) is 18.2 Å². The van der Waals surface area contributed by atoms with Gasteiger partial charge in [0.1, 0.15) is 0 Å². The molecule has 0 fully saturated rings. The molecule has 0 spiro atoms. The van der Waals surface area contributed by atoms with Gasteiger partial charge >= 0.3 is 0 Å². The molecule has 15 heavy (non-hydrogen) atoms. The second-order valence-electron chi connectivity index (χ2n) is 2.80. The van der Waals surface area contributed by atoms with Crippen molar-refractivity contribution in [2.24, 2.45) is 0 Å². The van der Waals surface area contributed by atoms with Crippen LogP contribution < -0.4 is 0 Å². The van der Waals surface area contributed by atoms with Gasteiger partial charge in [0.15, 0.2) is 0 Å². The van der Waals surface area contributed by atoms with Crippen molar-refractivity contribution in [1.82, 2.24) is 0 Å². The number of aryl methyl sites for hydroxylation is 1. The fourth-order valence-electron chi connectivity index (χ4n) is 1.05. The zero-order chi connectivity index (χ0) is 11.9. The van der Waals surface area contributed by atoms with Crippen LogP contribution in [0.5, 0.6) is 0 Å². The molecule has 0 aromatic heterocycles. The molecule has 0 saturated heterocycles. The zero-order valence-electron chi connectivity index (χ0n) is 7.44. The first-order chi connectivity index (χ1) is 6.62. The number of halogens is 2. The topological polar surface area (TPSA) is 68.3 Å². The monoisotopic (exact) mass is 288 g/mol. The molecule has 8 heteroatoms. The van der Waals surface area contributed by atoms with Crippen LogP contribution in [-0.4, -0.2) is 16.8 Å². The van der Waals surface area contributed by atoms with E-state index in [2.05, 4.69) is 0 Å². The second kappa shape index (κ2) is 3.93. The Morgan fingerprint density at radius 2 is 1.53 bits per heavy atom. The van der Waals surface area contributed by atoms with Crippen molar-refractivity contribution < 1.29 is 16.8 Å². The quantitative estimate of drug-likeness (QED) is 0.779. The SMILES string of the molecule is Cc1cc(S(=O)(=O)Cl)ccc1S(=O)(=O)Cl. The Morgan fingerprint density at radius 1 is 1.00 bits per heavy atom. The van der Waals surface area contributed by atoms with Crippen LogP contribution in [0.15, 0.2) is 28.0 Å². The predicted molar refractivity (Wildman–Crippen MR) is 57.3 cm³/mol. The highest BCUT2D eigenvalue weighted by Crippen LogP contribution is 2.24. The second-order valence-corrected chi connectivity index (χ2v) is 7.90. The van der Waals surface area contributed by atoms with Crippen molar-refractivity contribution in [2.45, 2.75) is 16.7 Å². The molecule has 1 aromatic rings. The minimum absolute atomic E-state index is 0.131. The fraction of sp³-hybridized carbons (Fsp3) is 0.143. The summed E-state index contributed by atoms with van der Waals surface area (Å²) in [6, 6.07) is 3.34. The Kier molecular flexibility index (Phi) is 3.35. The molecule has 0 saturated carbocycles. The molecule has 0 atom stereocenters. The summed E-state index contributed by atoms with van der Waals surface area (Å²) >= 11 is 0. The molecule has 0 aliphatic rings. The van der Waals surface area contributed by atoms with Crippen molar-refractivity contribution in [3.05, 3.63) is 23.8 Å². The zero-order valence-corrected chi connectivity index (χ0v) is 10.6. The van der Waals surface area contributed by atoms with Crippen LogP contribution in [0.3, 0.4) is 0 Å². The molecule has 0 radical (unpaired) electrons. The van der Waals surface area contributed by atoms with Crippen molar-refractivity contribution in [3.8, 4) is 0 Å². The van der Waals surface area contributed by atoms with Gasteiger partial charge in [-0.05, 0) is 30.7 Å². The summed E-state index contributed by atoms with van der Waals surface area (Å²) in [7, 11) is 2.49. The molecule has 0 amide bonds. The molecule has 0 unspecified atom stereocenters. The van der Waals surface area contributed by atoms with E-state index in [1.807, 2.05) is 0 Å². The lowest BCUT2D eigenvalue weighted by Gasteiger charge is -2.03. The van der Waals surface area contributed by atoms with Gasteiger partial charge in [-0.15, -0.1) is 0 Å². The Balaban J connectivity index is 3.47. The van der Waals surface area contributed by atoms with Crippen LogP contribution in [0.4, 0.5) is 0 Å². The third kappa shape index (κ3) is 3.07. The lowest BCUT2D eigenvalue weighted by Crippen LogP contribution is -1.97. The van der Waals surface area contributed by atoms with Crippen molar-refractivity contribution in [1.29, 1.82) is 0 Å². The largest absolute Gasteiger partial charge is 0.261 e. The molecule has 0 aliphatic carbocycles. The van der Waals surface area contributed by atoms with E-state index in [9.17, 15) is 16.8 Å². The Morgan fingerprint density at radius 3 is 1.87 bits per heavy atom. The maximum Gasteiger partial charge on any atom is 0.261 e. The third-order valence-electron chi connectivity index (χ3n) is 1.69. The predicted octanol–water partition coefficient (Wildman–Crippen LogP) is 1.85. The van der Waals surface area contributed by atoms with E-state index in [1.54, 1.807) is 0 Å². The highest BCUT2D eigenvalue weighted by atomic mass is 35.7. The molecule has 1 aromatic carbocycles. The first-order valence-corrected chi connectivity index (χ1v) is 8.24. The lowest BCUT2D eigenvalue weighted by atomic mass is 10.2. The van der Waals surface area contributed by atoms with Gasteiger partial charge in [-0.25, -0.2) is 16.8 Å². The normalized spacial score (nSPS) is 12.7. The first kappa shape index (κ1) is 12.8. The summed E-state index contributed by atoms with van der Waals surface area (Å²) in [5.41, 5.74) is 0.228. The van der Waals surface area contributed by atoms with E-state index in [-0.39, 0.29) is 15.4 Å². The van der Waals surface area contributed by atoms with Gasteiger partial charge in [0.2, 0.25) is 0 Å². The Bertz CT molecular complexity index is 589. The molecule has 0 aliphatic heterocycles. The maximum absolute atomic E-state index is 11.0. The third-order valence-corrected chi connectivity index (χ3v) is 4.52. The summed E-state index contributed by atoms with van der Waals surface area (Å²) < 4.78 is 43.9. The van der Waals surface area contributed by atoms with Crippen LogP contribution in [0.25, 0.3) is 0 Å². The Hall–Kier alpha value is -0.300. The molecule has 4 nitrogen and oxygen atoms in total. The van der Waals surface area contributed by atoms with Crippen molar-refractivity contribution in [2.75, 3.05) is 0 Å². The average Bonchev–Trinajstić information content (AvgIpc) is 1.99. The van der Waals surface area contributed by atoms with E-state index in [1.165, 1.54) is 6.92 Å². The number of hydrogen-bond donors (Lipinski definition) is 0. The molecule has 1 rings (SSSR count). The van der Waals surface area contributed by atoms with Crippen LogP contribution >= 0.6 is 21.4 Å². The highest BCUT2D eigenvalue weighted by molar-refractivity contribution is 8.14. The van der Waals surface area contributed by atoms with Crippen LogP contribution in [0.2, 0.25) is 0 Å². The first-order valence-electron chi connectivity index (χ1n) is 3.62. The molecule has 0 N–H and O–H groups in total. The van der Waals surface area contributed by atoms with E-state index >= 15 is 0 Å². The van der Waals surface area contributed by atoms with Gasteiger partial charge in [-0.2, -0.15) is 0 Å². The van der Waals surface area contributed by atoms with Gasteiger partial charge in [0.05, 0.1) is 9.79 Å². The minimum Gasteiger partial charge on any atom is -0.207 e. The van der Waals surface area contributed by atoms with Crippen LogP contribution in [0.1, 0.15) is 5.56 Å². The van der Waals surface area contributed by atoms with E-state index in [4.69, 9.17) is 21.4 Å². The van der Waals surface area contributed by atoms with Gasteiger partial charge in [-0.3, -0.25) is 0 Å². The van der Waals surface area contributed by atoms with Crippen molar-refractivity contribution in [3.63, 3.8) is 0 Å². The molecule has 0 bridgehead atoms. The van der Waals surface area contributed by atoms with Gasteiger partial charge in [0.25, 0.3) is 18.1 Å². The molecule has 84 valence electrons.